The summed E-state index contributed by atoms with van der Waals surface area (Å²) in [5.41, 5.74) is 6.13. The molecule has 12 heavy (non-hydrogen) atoms. The molecular formula is C9H10FNO. The van der Waals surface area contributed by atoms with Crippen LogP contribution in [0.3, 0.4) is 0 Å². The van der Waals surface area contributed by atoms with Crippen molar-refractivity contribution in [3.8, 4) is 0 Å². The van der Waals surface area contributed by atoms with E-state index in [1.54, 1.807) is 19.1 Å². The van der Waals surface area contributed by atoms with Gasteiger partial charge in [0.05, 0.1) is 6.42 Å². The molecule has 0 aliphatic rings. The Hall–Kier alpha value is -1.38. The van der Waals surface area contributed by atoms with Crippen molar-refractivity contribution in [2.24, 2.45) is 5.73 Å². The summed E-state index contributed by atoms with van der Waals surface area (Å²) in [5, 5.41) is 0. The van der Waals surface area contributed by atoms with Crippen molar-refractivity contribution in [3.63, 3.8) is 0 Å². The number of amides is 1. The third kappa shape index (κ3) is 1.81. The van der Waals surface area contributed by atoms with E-state index in [0.717, 1.165) is 0 Å². The number of rotatable bonds is 2. The van der Waals surface area contributed by atoms with Crippen LogP contribution in [0.1, 0.15) is 11.1 Å². The van der Waals surface area contributed by atoms with Gasteiger partial charge < -0.3 is 5.73 Å². The lowest BCUT2D eigenvalue weighted by Crippen LogP contribution is -2.14. The minimum atomic E-state index is -0.441. The summed E-state index contributed by atoms with van der Waals surface area (Å²) >= 11 is 0. The van der Waals surface area contributed by atoms with Crippen LogP contribution in [-0.2, 0) is 11.2 Å². The molecule has 0 aromatic heterocycles. The molecule has 0 saturated heterocycles. The second kappa shape index (κ2) is 3.34. The van der Waals surface area contributed by atoms with Gasteiger partial charge in [-0.2, -0.15) is 0 Å². The summed E-state index contributed by atoms with van der Waals surface area (Å²) in [6.07, 6.45) is 0.101. The summed E-state index contributed by atoms with van der Waals surface area (Å²) in [6.45, 7) is 1.63. The van der Waals surface area contributed by atoms with Crippen molar-refractivity contribution in [1.29, 1.82) is 0 Å². The molecule has 0 saturated carbocycles. The molecule has 2 N–H and O–H groups in total. The highest BCUT2D eigenvalue weighted by molar-refractivity contribution is 5.76. The molecule has 0 spiro atoms. The summed E-state index contributed by atoms with van der Waals surface area (Å²) < 4.78 is 12.9. The fraction of sp³-hybridized carbons (Fsp3) is 0.222. The van der Waals surface area contributed by atoms with Crippen LogP contribution in [0.25, 0.3) is 0 Å². The van der Waals surface area contributed by atoms with Crippen molar-refractivity contribution in [1.82, 2.24) is 0 Å². The topological polar surface area (TPSA) is 43.1 Å². The quantitative estimate of drug-likeness (QED) is 0.705. The normalized spacial score (nSPS) is 9.83. The maximum Gasteiger partial charge on any atom is 0.221 e. The van der Waals surface area contributed by atoms with E-state index in [2.05, 4.69) is 0 Å². The molecular weight excluding hydrogens is 157 g/mol. The van der Waals surface area contributed by atoms with Crippen molar-refractivity contribution in [2.75, 3.05) is 0 Å². The predicted molar refractivity (Wildman–Crippen MR) is 44.0 cm³/mol. The van der Waals surface area contributed by atoms with Crippen LogP contribution < -0.4 is 5.73 Å². The number of primary amides is 1. The number of hydrogen-bond donors (Lipinski definition) is 1. The standard InChI is InChI=1S/C9H10FNO/c1-6-7(5-9(11)12)3-2-4-8(6)10/h2-4H,5H2,1H3,(H2,11,12). The lowest BCUT2D eigenvalue weighted by molar-refractivity contribution is -0.117. The van der Waals surface area contributed by atoms with E-state index in [1.807, 2.05) is 0 Å². The number of halogens is 1. The number of carbonyl (C=O) groups excluding carboxylic acids is 1. The molecule has 64 valence electrons. The molecule has 0 unspecified atom stereocenters. The number of carbonyl (C=O) groups is 1. The van der Waals surface area contributed by atoms with Crippen molar-refractivity contribution in [3.05, 3.63) is 35.1 Å². The molecule has 0 aliphatic carbocycles. The van der Waals surface area contributed by atoms with Crippen LogP contribution in [0.4, 0.5) is 4.39 Å². The fourth-order valence-electron chi connectivity index (χ4n) is 1.03. The van der Waals surface area contributed by atoms with Crippen molar-refractivity contribution in [2.45, 2.75) is 13.3 Å². The SMILES string of the molecule is Cc1c(F)cccc1CC(N)=O. The molecule has 0 aliphatic heterocycles. The summed E-state index contributed by atoms with van der Waals surface area (Å²) in [5.74, 6) is -0.738. The Labute approximate surface area is 70.2 Å². The molecule has 1 amide bonds. The average molecular weight is 167 g/mol. The van der Waals surface area contributed by atoms with Gasteiger partial charge in [-0.1, -0.05) is 12.1 Å². The van der Waals surface area contributed by atoms with Gasteiger partial charge in [-0.25, -0.2) is 4.39 Å². The average Bonchev–Trinajstić information content (AvgIpc) is 1.98. The van der Waals surface area contributed by atoms with Gasteiger partial charge in [0.25, 0.3) is 0 Å². The van der Waals surface area contributed by atoms with E-state index in [-0.39, 0.29) is 12.2 Å². The lowest BCUT2D eigenvalue weighted by atomic mass is 10.1. The van der Waals surface area contributed by atoms with Crippen LogP contribution >= 0.6 is 0 Å². The molecule has 1 aromatic carbocycles. The summed E-state index contributed by atoms with van der Waals surface area (Å²) in [4.78, 5) is 10.5. The van der Waals surface area contributed by atoms with Crippen LogP contribution in [0, 0.1) is 12.7 Å². The smallest absolute Gasteiger partial charge is 0.221 e. The molecule has 0 heterocycles. The van der Waals surface area contributed by atoms with Crippen molar-refractivity contribution >= 4 is 5.91 Å². The largest absolute Gasteiger partial charge is 0.369 e. The Bertz CT molecular complexity index is 309. The van der Waals surface area contributed by atoms with Gasteiger partial charge in [0.15, 0.2) is 0 Å². The molecule has 1 rings (SSSR count). The Kier molecular flexibility index (Phi) is 2.43. The van der Waals surface area contributed by atoms with E-state index in [0.29, 0.717) is 11.1 Å². The van der Waals surface area contributed by atoms with Crippen LogP contribution in [-0.4, -0.2) is 5.91 Å². The number of nitrogens with two attached hydrogens (primary N) is 1. The summed E-state index contributed by atoms with van der Waals surface area (Å²) in [7, 11) is 0. The van der Waals surface area contributed by atoms with E-state index >= 15 is 0 Å². The highest BCUT2D eigenvalue weighted by Crippen LogP contribution is 2.11. The highest BCUT2D eigenvalue weighted by atomic mass is 19.1. The zero-order valence-electron chi connectivity index (χ0n) is 6.80. The van der Waals surface area contributed by atoms with Gasteiger partial charge in [-0.15, -0.1) is 0 Å². The molecule has 1 aromatic rings. The van der Waals surface area contributed by atoms with Gasteiger partial charge >= 0.3 is 0 Å². The van der Waals surface area contributed by atoms with Gasteiger partial charge in [0, 0.05) is 0 Å². The molecule has 0 radical (unpaired) electrons. The van der Waals surface area contributed by atoms with Crippen LogP contribution in [0.5, 0.6) is 0 Å². The van der Waals surface area contributed by atoms with Gasteiger partial charge in [0.2, 0.25) is 5.91 Å². The maximum absolute atomic E-state index is 12.9. The van der Waals surface area contributed by atoms with E-state index < -0.39 is 5.91 Å². The predicted octanol–water partition coefficient (Wildman–Crippen LogP) is 1.16. The van der Waals surface area contributed by atoms with Crippen LogP contribution in [0.2, 0.25) is 0 Å². The molecule has 3 heteroatoms. The molecule has 0 fully saturated rings. The van der Waals surface area contributed by atoms with Crippen molar-refractivity contribution < 1.29 is 9.18 Å². The molecule has 2 nitrogen and oxygen atoms in total. The zero-order chi connectivity index (χ0) is 9.14. The second-order valence-electron chi connectivity index (χ2n) is 2.67. The Balaban J connectivity index is 3.00. The molecule has 0 atom stereocenters. The molecule has 0 bridgehead atoms. The van der Waals surface area contributed by atoms with E-state index in [1.165, 1.54) is 6.07 Å². The van der Waals surface area contributed by atoms with Gasteiger partial charge in [0.1, 0.15) is 5.82 Å². The Morgan fingerprint density at radius 1 is 1.58 bits per heavy atom. The van der Waals surface area contributed by atoms with Crippen LogP contribution in [0.15, 0.2) is 18.2 Å². The number of benzene rings is 1. The van der Waals surface area contributed by atoms with E-state index in [9.17, 15) is 9.18 Å². The maximum atomic E-state index is 12.9. The van der Waals surface area contributed by atoms with E-state index in [4.69, 9.17) is 5.73 Å². The monoisotopic (exact) mass is 167 g/mol. The number of hydrogen-bond acceptors (Lipinski definition) is 1. The fourth-order valence-corrected chi connectivity index (χ4v) is 1.03. The lowest BCUT2D eigenvalue weighted by Gasteiger charge is -2.02. The minimum Gasteiger partial charge on any atom is -0.369 e. The first kappa shape index (κ1) is 8.71. The third-order valence-electron chi connectivity index (χ3n) is 1.74. The third-order valence-corrected chi connectivity index (χ3v) is 1.74. The highest BCUT2D eigenvalue weighted by Gasteiger charge is 2.04. The van der Waals surface area contributed by atoms with Gasteiger partial charge in [-0.05, 0) is 24.1 Å². The first-order chi connectivity index (χ1) is 5.61. The Morgan fingerprint density at radius 2 is 2.25 bits per heavy atom. The van der Waals surface area contributed by atoms with Gasteiger partial charge in [-0.3, -0.25) is 4.79 Å². The Morgan fingerprint density at radius 3 is 2.83 bits per heavy atom. The first-order valence-corrected chi connectivity index (χ1v) is 3.63. The second-order valence-corrected chi connectivity index (χ2v) is 2.67. The first-order valence-electron chi connectivity index (χ1n) is 3.63. The zero-order valence-corrected chi connectivity index (χ0v) is 6.80. The summed E-state index contributed by atoms with van der Waals surface area (Å²) in [6, 6.07) is 4.63. The minimum absolute atomic E-state index is 0.101.